The monoisotopic (exact) mass is 299 g/mol. The Morgan fingerprint density at radius 3 is 2.67 bits per heavy atom. The third-order valence-electron chi connectivity index (χ3n) is 3.40. The molecule has 0 saturated carbocycles. The van der Waals surface area contributed by atoms with Gasteiger partial charge in [-0.05, 0) is 50.1 Å². The van der Waals surface area contributed by atoms with Crippen LogP contribution in [0.2, 0.25) is 5.02 Å². The summed E-state index contributed by atoms with van der Waals surface area (Å²) in [4.78, 5) is 12.2. The summed E-state index contributed by atoms with van der Waals surface area (Å²) in [5.74, 6) is -0.0108. The molecule has 0 aliphatic rings. The van der Waals surface area contributed by atoms with E-state index in [2.05, 4.69) is 5.32 Å². The zero-order chi connectivity index (χ0) is 15.4. The number of ketones is 1. The van der Waals surface area contributed by atoms with Crippen molar-refractivity contribution >= 4 is 23.1 Å². The smallest absolute Gasteiger partial charge is 0.187 e. The number of halogens is 1. The van der Waals surface area contributed by atoms with Crippen molar-refractivity contribution in [1.82, 2.24) is 0 Å². The SMILES string of the molecule is Cc1ccc(C)c(C(=O)C=CNc2cccc(Cl)c2C)c1. The number of nitrogens with one attached hydrogen (secondary N) is 1. The first-order valence-electron chi connectivity index (χ1n) is 6.79. The van der Waals surface area contributed by atoms with Gasteiger partial charge in [-0.3, -0.25) is 4.79 Å². The molecule has 0 unspecified atom stereocenters. The van der Waals surface area contributed by atoms with E-state index in [0.717, 1.165) is 27.9 Å². The Hall–Kier alpha value is -2.06. The minimum absolute atomic E-state index is 0.0108. The van der Waals surface area contributed by atoms with Crippen LogP contribution in [0.25, 0.3) is 0 Å². The van der Waals surface area contributed by atoms with Crippen LogP contribution in [-0.4, -0.2) is 5.78 Å². The van der Waals surface area contributed by atoms with Crippen LogP contribution >= 0.6 is 11.6 Å². The van der Waals surface area contributed by atoms with Gasteiger partial charge in [-0.25, -0.2) is 0 Å². The molecule has 0 aliphatic carbocycles. The molecule has 0 spiro atoms. The lowest BCUT2D eigenvalue weighted by atomic mass is 10.0. The van der Waals surface area contributed by atoms with Crippen LogP contribution in [0.4, 0.5) is 5.69 Å². The maximum atomic E-state index is 12.2. The van der Waals surface area contributed by atoms with Crippen molar-refractivity contribution in [2.24, 2.45) is 0 Å². The van der Waals surface area contributed by atoms with Crippen LogP contribution in [-0.2, 0) is 0 Å². The molecule has 2 rings (SSSR count). The Balaban J connectivity index is 2.12. The quantitative estimate of drug-likeness (QED) is 0.630. The standard InChI is InChI=1S/C18H18ClNO/c1-12-7-8-13(2)15(11-12)18(21)9-10-20-17-6-4-5-16(19)14(17)3/h4-11,20H,1-3H3. The fourth-order valence-corrected chi connectivity index (χ4v) is 2.24. The van der Waals surface area contributed by atoms with E-state index < -0.39 is 0 Å². The molecule has 108 valence electrons. The molecular formula is C18H18ClNO. The highest BCUT2D eigenvalue weighted by molar-refractivity contribution is 6.31. The largest absolute Gasteiger partial charge is 0.361 e. The average molecular weight is 300 g/mol. The molecule has 0 amide bonds. The first-order chi connectivity index (χ1) is 9.99. The van der Waals surface area contributed by atoms with Crippen molar-refractivity contribution in [2.45, 2.75) is 20.8 Å². The molecule has 21 heavy (non-hydrogen) atoms. The molecule has 0 aromatic heterocycles. The number of anilines is 1. The summed E-state index contributed by atoms with van der Waals surface area (Å²) in [6, 6.07) is 11.5. The normalized spacial score (nSPS) is 10.9. The Morgan fingerprint density at radius 2 is 1.90 bits per heavy atom. The number of aryl methyl sites for hydroxylation is 2. The summed E-state index contributed by atoms with van der Waals surface area (Å²) in [6.07, 6.45) is 3.20. The number of hydrogen-bond acceptors (Lipinski definition) is 2. The van der Waals surface area contributed by atoms with Crippen LogP contribution in [0.3, 0.4) is 0 Å². The fourth-order valence-electron chi connectivity index (χ4n) is 2.06. The molecular weight excluding hydrogens is 282 g/mol. The van der Waals surface area contributed by atoms with E-state index in [0.29, 0.717) is 5.02 Å². The molecule has 0 atom stereocenters. The number of benzene rings is 2. The second-order valence-corrected chi connectivity index (χ2v) is 5.48. The Kier molecular flexibility index (Phi) is 4.81. The lowest BCUT2D eigenvalue weighted by molar-refractivity contribution is 0.104. The maximum Gasteiger partial charge on any atom is 0.187 e. The predicted molar refractivity (Wildman–Crippen MR) is 89.2 cm³/mol. The Bertz CT molecular complexity index is 704. The lowest BCUT2D eigenvalue weighted by Crippen LogP contribution is -2.00. The van der Waals surface area contributed by atoms with E-state index in [1.165, 1.54) is 0 Å². The zero-order valence-electron chi connectivity index (χ0n) is 12.4. The van der Waals surface area contributed by atoms with Gasteiger partial charge in [0.05, 0.1) is 0 Å². The van der Waals surface area contributed by atoms with Gasteiger partial charge in [0.2, 0.25) is 0 Å². The summed E-state index contributed by atoms with van der Waals surface area (Å²) < 4.78 is 0. The van der Waals surface area contributed by atoms with Gasteiger partial charge in [0.25, 0.3) is 0 Å². The fraction of sp³-hybridized carbons (Fsp3) is 0.167. The van der Waals surface area contributed by atoms with Gasteiger partial charge in [0, 0.05) is 28.5 Å². The first-order valence-corrected chi connectivity index (χ1v) is 7.16. The van der Waals surface area contributed by atoms with E-state index in [-0.39, 0.29) is 5.78 Å². The van der Waals surface area contributed by atoms with Crippen LogP contribution in [0.5, 0.6) is 0 Å². The average Bonchev–Trinajstić information content (AvgIpc) is 2.46. The topological polar surface area (TPSA) is 29.1 Å². The molecule has 0 heterocycles. The van der Waals surface area contributed by atoms with Crippen LogP contribution < -0.4 is 5.32 Å². The third-order valence-corrected chi connectivity index (χ3v) is 3.81. The number of carbonyl (C=O) groups is 1. The van der Waals surface area contributed by atoms with Crippen molar-refractivity contribution < 1.29 is 4.79 Å². The Labute approximate surface area is 130 Å². The molecule has 0 saturated heterocycles. The summed E-state index contributed by atoms with van der Waals surface area (Å²) >= 11 is 6.06. The minimum Gasteiger partial charge on any atom is -0.361 e. The van der Waals surface area contributed by atoms with Gasteiger partial charge >= 0.3 is 0 Å². The van der Waals surface area contributed by atoms with Gasteiger partial charge in [0.15, 0.2) is 5.78 Å². The van der Waals surface area contributed by atoms with Crippen molar-refractivity contribution in [2.75, 3.05) is 5.32 Å². The molecule has 1 N–H and O–H groups in total. The molecule has 0 bridgehead atoms. The van der Waals surface area contributed by atoms with Gasteiger partial charge in [-0.15, -0.1) is 0 Å². The molecule has 2 aromatic rings. The molecule has 2 aromatic carbocycles. The van der Waals surface area contributed by atoms with Crippen molar-refractivity contribution in [3.8, 4) is 0 Å². The van der Waals surface area contributed by atoms with Crippen LogP contribution in [0, 0.1) is 20.8 Å². The van der Waals surface area contributed by atoms with Gasteiger partial charge < -0.3 is 5.32 Å². The number of carbonyl (C=O) groups excluding carboxylic acids is 1. The highest BCUT2D eigenvalue weighted by Gasteiger charge is 2.06. The number of hydrogen-bond donors (Lipinski definition) is 1. The van der Waals surface area contributed by atoms with Crippen molar-refractivity contribution in [1.29, 1.82) is 0 Å². The van der Waals surface area contributed by atoms with E-state index in [4.69, 9.17) is 11.6 Å². The summed E-state index contributed by atoms with van der Waals surface area (Å²) in [7, 11) is 0. The second kappa shape index (κ2) is 6.59. The second-order valence-electron chi connectivity index (χ2n) is 5.07. The van der Waals surface area contributed by atoms with E-state index in [1.807, 2.05) is 57.2 Å². The molecule has 2 nitrogen and oxygen atoms in total. The number of rotatable bonds is 4. The minimum atomic E-state index is -0.0108. The molecule has 0 aliphatic heterocycles. The predicted octanol–water partition coefficient (Wildman–Crippen LogP) is 5.07. The summed E-state index contributed by atoms with van der Waals surface area (Å²) in [5.41, 5.74) is 4.65. The molecule has 0 radical (unpaired) electrons. The first kappa shape index (κ1) is 15.3. The summed E-state index contributed by atoms with van der Waals surface area (Å²) in [5, 5.41) is 3.81. The van der Waals surface area contributed by atoms with Gasteiger partial charge in [-0.2, -0.15) is 0 Å². The number of allylic oxidation sites excluding steroid dienone is 1. The van der Waals surface area contributed by atoms with E-state index in [9.17, 15) is 4.79 Å². The highest BCUT2D eigenvalue weighted by Crippen LogP contribution is 2.22. The van der Waals surface area contributed by atoms with E-state index in [1.54, 1.807) is 12.3 Å². The van der Waals surface area contributed by atoms with Crippen molar-refractivity contribution in [3.63, 3.8) is 0 Å². The van der Waals surface area contributed by atoms with Crippen LogP contribution in [0.1, 0.15) is 27.0 Å². The van der Waals surface area contributed by atoms with Crippen LogP contribution in [0.15, 0.2) is 48.7 Å². The van der Waals surface area contributed by atoms with Crippen molar-refractivity contribution in [3.05, 3.63) is 76.0 Å². The van der Waals surface area contributed by atoms with E-state index >= 15 is 0 Å². The van der Waals surface area contributed by atoms with Gasteiger partial charge in [0.1, 0.15) is 0 Å². The van der Waals surface area contributed by atoms with Gasteiger partial charge in [-0.1, -0.05) is 35.4 Å². The molecule has 3 heteroatoms. The maximum absolute atomic E-state index is 12.2. The zero-order valence-corrected chi connectivity index (χ0v) is 13.2. The summed E-state index contributed by atoms with van der Waals surface area (Å²) in [6.45, 7) is 5.85. The third kappa shape index (κ3) is 3.73. The highest BCUT2D eigenvalue weighted by atomic mass is 35.5. The Morgan fingerprint density at radius 1 is 1.14 bits per heavy atom. The molecule has 0 fully saturated rings. The lowest BCUT2D eigenvalue weighted by Gasteiger charge is -2.07.